The van der Waals surface area contributed by atoms with Crippen LogP contribution >= 0.6 is 22.6 Å². The van der Waals surface area contributed by atoms with Gasteiger partial charge in [-0.25, -0.2) is 0 Å². The van der Waals surface area contributed by atoms with Gasteiger partial charge in [0.05, 0.1) is 0 Å². The fourth-order valence-corrected chi connectivity index (χ4v) is 1.56. The molecule has 0 unspecified atom stereocenters. The second-order valence-corrected chi connectivity index (χ2v) is 4.30. The normalized spacial score (nSPS) is 10.8. The quantitative estimate of drug-likeness (QED) is 0.160. The number of hydrogen-bond donors (Lipinski definition) is 1. The van der Waals surface area contributed by atoms with Gasteiger partial charge in [-0.2, -0.15) is 0 Å². The summed E-state index contributed by atoms with van der Waals surface area (Å²) in [6.07, 6.45) is 4.88. The fourth-order valence-electron chi connectivity index (χ4n) is 1.04. The minimum absolute atomic E-state index is 0.172. The Kier molecular flexibility index (Phi) is 11.4. The average Bonchev–Trinajstić information content (AvgIpc) is 2.43. The first-order valence-corrected chi connectivity index (χ1v) is 7.91. The van der Waals surface area contributed by atoms with Gasteiger partial charge in [0.1, 0.15) is 0 Å². The molecule has 20 heavy (non-hydrogen) atoms. The summed E-state index contributed by atoms with van der Waals surface area (Å²) in [7, 11) is 0. The third-order valence-electron chi connectivity index (χ3n) is 1.85. The third-order valence-corrected chi connectivity index (χ3v) is 2.79. The van der Waals surface area contributed by atoms with Crippen molar-refractivity contribution in [2.24, 2.45) is 0 Å². The molecule has 0 amide bonds. The van der Waals surface area contributed by atoms with Crippen molar-refractivity contribution in [3.63, 3.8) is 0 Å². The molecule has 0 aliphatic heterocycles. The Morgan fingerprint density at radius 3 is 2.15 bits per heavy atom. The van der Waals surface area contributed by atoms with Gasteiger partial charge in [0, 0.05) is 0 Å². The molecular formula is C13H16INO4V. The molecule has 0 aromatic carbocycles. The summed E-state index contributed by atoms with van der Waals surface area (Å²) in [4.78, 5) is 23.4. The van der Waals surface area contributed by atoms with Crippen LogP contribution < -0.4 is 5.32 Å². The third kappa shape index (κ3) is 7.67. The second kappa shape index (κ2) is 11.9. The van der Waals surface area contributed by atoms with Crippen molar-refractivity contribution in [1.82, 2.24) is 5.32 Å². The summed E-state index contributed by atoms with van der Waals surface area (Å²) in [6.45, 7) is 3.71. The first-order valence-electron chi connectivity index (χ1n) is 5.86. The Labute approximate surface area is 141 Å². The van der Waals surface area contributed by atoms with Gasteiger partial charge in [-0.1, -0.05) is 0 Å². The van der Waals surface area contributed by atoms with E-state index in [2.05, 4.69) is 22.3 Å². The number of rotatable bonds is 8. The van der Waals surface area contributed by atoms with Gasteiger partial charge < -0.3 is 0 Å². The Hall–Kier alpha value is -0.856. The van der Waals surface area contributed by atoms with Crippen molar-refractivity contribution in [3.8, 4) is 0 Å². The van der Waals surface area contributed by atoms with E-state index in [-0.39, 0.29) is 18.8 Å². The van der Waals surface area contributed by atoms with E-state index < -0.39 is 11.9 Å². The molecule has 1 N–H and O–H groups in total. The molecule has 0 atom stereocenters. The molecular weight excluding hydrogens is 412 g/mol. The molecule has 7 heteroatoms. The van der Waals surface area contributed by atoms with Crippen LogP contribution in [-0.4, -0.2) is 29.9 Å². The zero-order valence-electron chi connectivity index (χ0n) is 11.3. The monoisotopic (exact) mass is 428 g/mol. The number of allylic oxidation sites excluding steroid dienone is 2. The fraction of sp³-hybridized carbons (Fsp3) is 0.308. The summed E-state index contributed by atoms with van der Waals surface area (Å²) in [5.74, 6) is -1.43. The van der Waals surface area contributed by atoms with Crippen molar-refractivity contribution in [2.75, 3.05) is 13.2 Å². The van der Waals surface area contributed by atoms with Gasteiger partial charge in [0.25, 0.3) is 0 Å². The van der Waals surface area contributed by atoms with Gasteiger partial charge in [0.2, 0.25) is 0 Å². The van der Waals surface area contributed by atoms with E-state index in [1.54, 1.807) is 34.8 Å². The van der Waals surface area contributed by atoms with E-state index in [9.17, 15) is 9.59 Å². The summed E-state index contributed by atoms with van der Waals surface area (Å²) >= 11 is 4.35. The van der Waals surface area contributed by atoms with Gasteiger partial charge in [-0.3, -0.25) is 0 Å². The molecule has 0 rings (SSSR count). The molecule has 5 nitrogen and oxygen atoms in total. The zero-order chi connectivity index (χ0) is 15.4. The molecule has 0 aliphatic carbocycles. The van der Waals surface area contributed by atoms with E-state index in [4.69, 9.17) is 9.47 Å². The van der Waals surface area contributed by atoms with Gasteiger partial charge in [0.15, 0.2) is 0 Å². The van der Waals surface area contributed by atoms with Crippen LogP contribution in [-0.2, 0) is 36.0 Å². The van der Waals surface area contributed by atoms with Gasteiger partial charge >= 0.3 is 141 Å². The summed E-state index contributed by atoms with van der Waals surface area (Å²) < 4.78 is 13.2. The van der Waals surface area contributed by atoms with Crippen LogP contribution in [0.2, 0.25) is 0 Å². The standard InChI is InChI=1S/C13H16INO4.V/c1-4-7-10(8-14)15-9-11(12(16)18-5-2)13(17)19-6-3;/h1,4,7-9,15H,5-6H2,2-3H3;/b7-4-,10-8?;. The molecule has 0 fully saturated rings. The molecule has 0 radical (unpaired) electrons. The number of esters is 2. The topological polar surface area (TPSA) is 64.6 Å². The number of nitrogens with one attached hydrogen (secondary N) is 1. The molecule has 0 heterocycles. The zero-order valence-corrected chi connectivity index (χ0v) is 14.8. The second-order valence-electron chi connectivity index (χ2n) is 3.22. The maximum atomic E-state index is 11.7. The molecule has 0 aromatic heterocycles. The van der Waals surface area contributed by atoms with E-state index in [0.717, 1.165) is 5.70 Å². The van der Waals surface area contributed by atoms with Crippen LogP contribution in [0.3, 0.4) is 0 Å². The summed E-state index contributed by atoms with van der Waals surface area (Å²) in [5, 5.41) is 2.86. The number of carbonyl (C=O) groups is 2. The van der Waals surface area contributed by atoms with Gasteiger partial charge in [-0.05, 0) is 0 Å². The van der Waals surface area contributed by atoms with E-state index in [1.165, 1.54) is 6.20 Å². The minimum atomic E-state index is -0.714. The van der Waals surface area contributed by atoms with Crippen LogP contribution in [0, 0.1) is 0 Å². The summed E-state index contributed by atoms with van der Waals surface area (Å²) in [5.41, 5.74) is 0.549. The van der Waals surface area contributed by atoms with Crippen LogP contribution in [0.25, 0.3) is 0 Å². The number of hydrogen-bond acceptors (Lipinski definition) is 5. The number of halogens is 1. The van der Waals surface area contributed by atoms with E-state index in [0.29, 0.717) is 0 Å². The molecule has 0 spiro atoms. The van der Waals surface area contributed by atoms with E-state index >= 15 is 0 Å². The molecule has 0 bridgehead atoms. The molecule has 0 saturated heterocycles. The van der Waals surface area contributed by atoms with Gasteiger partial charge in [-0.15, -0.1) is 0 Å². The number of ether oxygens (including phenoxy) is 2. The SMILES string of the molecule is CCOC(=O)C(=CNC(=CI)/C=C\[CH]=[V])C(=O)OCC. The number of carbonyl (C=O) groups excluding carboxylic acids is 2. The van der Waals surface area contributed by atoms with Crippen LogP contribution in [0.5, 0.6) is 0 Å². The Morgan fingerprint density at radius 2 is 1.75 bits per heavy atom. The van der Waals surface area contributed by atoms with Crippen molar-refractivity contribution in [3.05, 3.63) is 33.7 Å². The van der Waals surface area contributed by atoms with Crippen LogP contribution in [0.4, 0.5) is 0 Å². The summed E-state index contributed by atoms with van der Waals surface area (Å²) in [6, 6.07) is 0. The predicted molar refractivity (Wildman–Crippen MR) is 81.8 cm³/mol. The Morgan fingerprint density at radius 1 is 1.20 bits per heavy atom. The molecule has 0 saturated carbocycles. The van der Waals surface area contributed by atoms with Crippen molar-refractivity contribution in [1.29, 1.82) is 0 Å². The van der Waals surface area contributed by atoms with E-state index in [1.807, 2.05) is 22.6 Å². The maximum absolute atomic E-state index is 11.7. The Bertz CT molecular complexity index is 424. The predicted octanol–water partition coefficient (Wildman–Crippen LogP) is 1.77. The van der Waals surface area contributed by atoms with Crippen molar-refractivity contribution in [2.45, 2.75) is 13.8 Å². The van der Waals surface area contributed by atoms with Crippen molar-refractivity contribution >= 4 is 39.3 Å². The van der Waals surface area contributed by atoms with Crippen LogP contribution in [0.1, 0.15) is 13.8 Å². The first kappa shape index (κ1) is 19.1. The average molecular weight is 428 g/mol. The molecule has 109 valence electrons. The van der Waals surface area contributed by atoms with Crippen molar-refractivity contribution < 1.29 is 36.0 Å². The first-order chi connectivity index (χ1) is 9.60. The van der Waals surface area contributed by atoms with Crippen LogP contribution in [0.15, 0.2) is 33.7 Å². The molecule has 0 aromatic rings. The molecule has 0 aliphatic rings. The Balaban J connectivity index is 5.05.